The Hall–Kier alpha value is -4.52. The number of hydrogen-bond donors (Lipinski definition) is 2. The molecule has 37 heavy (non-hydrogen) atoms. The molecule has 0 aliphatic rings. The number of nitrogen functional groups attached to an aromatic ring is 1. The summed E-state index contributed by atoms with van der Waals surface area (Å²) in [6.45, 7) is 10.5. The number of amides is 1. The molecule has 0 spiro atoms. The first kappa shape index (κ1) is 24.2. The van der Waals surface area contributed by atoms with Crippen LogP contribution in [0, 0.1) is 13.8 Å². The van der Waals surface area contributed by atoms with Gasteiger partial charge in [0.15, 0.2) is 5.65 Å². The number of anilines is 2. The molecule has 0 saturated carbocycles. The Labute approximate surface area is 216 Å². The summed E-state index contributed by atoms with van der Waals surface area (Å²) in [7, 11) is 0. The third kappa shape index (κ3) is 4.68. The number of carbonyl (C=O) groups is 1. The number of para-hydroxylation sites is 2. The molecule has 0 bridgehead atoms. The maximum Gasteiger partial charge on any atom is 0.261 e. The summed E-state index contributed by atoms with van der Waals surface area (Å²) in [6.07, 6.45) is 1.71. The van der Waals surface area contributed by atoms with Gasteiger partial charge in [0.1, 0.15) is 16.9 Å². The van der Waals surface area contributed by atoms with Gasteiger partial charge in [-0.1, -0.05) is 69.3 Å². The molecule has 0 atom stereocenters. The second kappa shape index (κ2) is 9.17. The van der Waals surface area contributed by atoms with Gasteiger partial charge in [-0.15, -0.1) is 0 Å². The Morgan fingerprint density at radius 1 is 0.973 bits per heavy atom. The van der Waals surface area contributed by atoms with E-state index in [2.05, 4.69) is 43.3 Å². The average molecular weight is 491 g/mol. The van der Waals surface area contributed by atoms with E-state index in [0.29, 0.717) is 22.2 Å². The average Bonchev–Trinajstić information content (AvgIpc) is 3.13. The monoisotopic (exact) mass is 490 g/mol. The number of aromatic nitrogens is 3. The quantitative estimate of drug-likeness (QED) is 0.292. The topological polar surface area (TPSA) is 98.2 Å². The van der Waals surface area contributed by atoms with E-state index >= 15 is 0 Å². The van der Waals surface area contributed by atoms with Crippen LogP contribution in [0.2, 0.25) is 0 Å². The predicted octanol–water partition coefficient (Wildman–Crippen LogP) is 6.22. The number of hydrogen-bond acceptors (Lipinski definition) is 5. The lowest BCUT2D eigenvalue weighted by Crippen LogP contribution is -2.15. The van der Waals surface area contributed by atoms with Gasteiger partial charge in [0.05, 0.1) is 17.2 Å². The van der Waals surface area contributed by atoms with Crippen LogP contribution in [-0.2, 0) is 5.41 Å². The second-order valence-corrected chi connectivity index (χ2v) is 10.3. The molecule has 5 aromatic rings. The fourth-order valence-electron chi connectivity index (χ4n) is 4.24. The molecule has 0 fully saturated rings. The Kier molecular flexibility index (Phi) is 5.99. The summed E-state index contributed by atoms with van der Waals surface area (Å²) in [5, 5.41) is 7.63. The Bertz CT molecular complexity index is 1670. The molecule has 3 aromatic carbocycles. The van der Waals surface area contributed by atoms with E-state index < -0.39 is 0 Å². The smallest absolute Gasteiger partial charge is 0.261 e. The highest BCUT2D eigenvalue weighted by molar-refractivity contribution is 6.16. The van der Waals surface area contributed by atoms with Crippen LogP contribution in [-0.4, -0.2) is 26.8 Å². The molecule has 0 saturated heterocycles. The molecule has 3 N–H and O–H groups in total. The van der Waals surface area contributed by atoms with Crippen LogP contribution in [0.25, 0.3) is 22.2 Å². The summed E-state index contributed by atoms with van der Waals surface area (Å²) >= 11 is 0. The first-order chi connectivity index (χ1) is 17.6. The van der Waals surface area contributed by atoms with Crippen molar-refractivity contribution in [3.63, 3.8) is 0 Å². The number of aryl methyl sites for hydroxylation is 2. The fourth-order valence-corrected chi connectivity index (χ4v) is 4.24. The van der Waals surface area contributed by atoms with Crippen LogP contribution in [0.4, 0.5) is 11.5 Å². The van der Waals surface area contributed by atoms with E-state index in [0.717, 1.165) is 22.4 Å². The minimum atomic E-state index is -0.357. The molecular weight excluding hydrogens is 460 g/mol. The highest BCUT2D eigenvalue weighted by Gasteiger charge is 2.24. The molecule has 7 heteroatoms. The fraction of sp³-hybridized carbons (Fsp3) is 0.200. The zero-order valence-corrected chi connectivity index (χ0v) is 21.7. The van der Waals surface area contributed by atoms with Gasteiger partial charge in [-0.25, -0.2) is 9.97 Å². The molecule has 2 aromatic heterocycles. The number of fused-ring (bicyclic) bond motifs is 2. The molecule has 0 aliphatic heterocycles. The molecule has 2 heterocycles. The minimum Gasteiger partial charge on any atom is -0.383 e. The van der Waals surface area contributed by atoms with Crippen LogP contribution < -0.4 is 11.1 Å². The number of nitrogens with one attached hydrogen (secondary N) is 1. The van der Waals surface area contributed by atoms with Crippen molar-refractivity contribution in [1.82, 2.24) is 14.6 Å². The van der Waals surface area contributed by atoms with E-state index in [9.17, 15) is 4.79 Å². The number of carbonyl (C=O) groups excluding carboxylic acids is 1. The number of rotatable bonds is 4. The van der Waals surface area contributed by atoms with Crippen molar-refractivity contribution >= 4 is 45.8 Å². The largest absolute Gasteiger partial charge is 0.383 e. The van der Waals surface area contributed by atoms with E-state index in [1.54, 1.807) is 6.21 Å². The molecular formula is C30H30N6O. The van der Waals surface area contributed by atoms with Gasteiger partial charge < -0.3 is 11.1 Å². The molecule has 5 rings (SSSR count). The van der Waals surface area contributed by atoms with Crippen LogP contribution in [0.15, 0.2) is 71.8 Å². The highest BCUT2D eigenvalue weighted by Crippen LogP contribution is 2.29. The molecule has 0 unspecified atom stereocenters. The lowest BCUT2D eigenvalue weighted by atomic mass is 9.87. The first-order valence-corrected chi connectivity index (χ1v) is 12.2. The van der Waals surface area contributed by atoms with Crippen LogP contribution in [0.3, 0.4) is 0 Å². The summed E-state index contributed by atoms with van der Waals surface area (Å²) in [5.74, 6) is -0.181. The van der Waals surface area contributed by atoms with E-state index in [4.69, 9.17) is 15.7 Å². The van der Waals surface area contributed by atoms with Crippen molar-refractivity contribution in [3.05, 3.63) is 94.5 Å². The maximum absolute atomic E-state index is 13.5. The van der Waals surface area contributed by atoms with E-state index in [1.165, 1.54) is 10.2 Å². The molecule has 7 nitrogen and oxygen atoms in total. The van der Waals surface area contributed by atoms with Gasteiger partial charge >= 0.3 is 0 Å². The Balaban J connectivity index is 1.62. The van der Waals surface area contributed by atoms with Gasteiger partial charge in [-0.2, -0.15) is 9.78 Å². The summed E-state index contributed by atoms with van der Waals surface area (Å²) in [5.41, 5.74) is 13.9. The first-order valence-electron chi connectivity index (χ1n) is 12.2. The van der Waals surface area contributed by atoms with Crippen molar-refractivity contribution in [3.8, 4) is 0 Å². The third-order valence-electron chi connectivity index (χ3n) is 6.44. The molecule has 0 aliphatic carbocycles. The lowest BCUT2D eigenvalue weighted by molar-refractivity contribution is 0.102. The van der Waals surface area contributed by atoms with Gasteiger partial charge in [0.25, 0.3) is 5.91 Å². The SMILES string of the molecule is Cc1ccc(C)c(NC(=O)c2c(N)n(/N=C/c3ccc(C(C)(C)C)cc3)c3nc4ccccc4nc23)c1. The highest BCUT2D eigenvalue weighted by atomic mass is 16.1. The summed E-state index contributed by atoms with van der Waals surface area (Å²) in [4.78, 5) is 23.1. The number of nitrogens with zero attached hydrogens (tertiary/aromatic N) is 4. The van der Waals surface area contributed by atoms with E-state index in [-0.39, 0.29) is 22.7 Å². The van der Waals surface area contributed by atoms with Crippen molar-refractivity contribution in [1.29, 1.82) is 0 Å². The van der Waals surface area contributed by atoms with Crippen molar-refractivity contribution in [2.24, 2.45) is 5.10 Å². The predicted molar refractivity (Wildman–Crippen MR) is 151 cm³/mol. The standard InChI is InChI=1S/C30H30N6O/c1-18-10-11-19(2)24(16-18)35-29(37)25-26-28(34-23-9-7-6-8-22(23)33-26)36(27(25)31)32-17-20-12-14-21(15-13-20)30(3,4)5/h6-17H,31H2,1-5H3,(H,35,37)/b32-17+. The van der Waals surface area contributed by atoms with Crippen molar-refractivity contribution in [2.45, 2.75) is 40.0 Å². The van der Waals surface area contributed by atoms with Crippen molar-refractivity contribution < 1.29 is 4.79 Å². The van der Waals surface area contributed by atoms with Crippen LogP contribution in [0.1, 0.15) is 53.4 Å². The number of benzene rings is 3. The molecule has 0 radical (unpaired) electrons. The summed E-state index contributed by atoms with van der Waals surface area (Å²) < 4.78 is 1.49. The minimum absolute atomic E-state index is 0.0608. The normalized spacial score (nSPS) is 12.0. The summed E-state index contributed by atoms with van der Waals surface area (Å²) in [6, 6.07) is 21.6. The maximum atomic E-state index is 13.5. The Morgan fingerprint density at radius 2 is 1.65 bits per heavy atom. The van der Waals surface area contributed by atoms with Crippen molar-refractivity contribution in [2.75, 3.05) is 11.1 Å². The zero-order valence-electron chi connectivity index (χ0n) is 21.7. The lowest BCUT2D eigenvalue weighted by Gasteiger charge is -2.18. The molecule has 1 amide bonds. The molecule has 186 valence electrons. The third-order valence-corrected chi connectivity index (χ3v) is 6.44. The number of nitrogens with two attached hydrogens (primary N) is 1. The van der Waals surface area contributed by atoms with Gasteiger partial charge in [-0.3, -0.25) is 4.79 Å². The van der Waals surface area contributed by atoms with Gasteiger partial charge in [0.2, 0.25) is 0 Å². The Morgan fingerprint density at radius 3 is 2.32 bits per heavy atom. The van der Waals surface area contributed by atoms with E-state index in [1.807, 2.05) is 68.4 Å². The van der Waals surface area contributed by atoms with Crippen LogP contribution >= 0.6 is 0 Å². The second-order valence-electron chi connectivity index (χ2n) is 10.3. The zero-order chi connectivity index (χ0) is 26.3. The van der Waals surface area contributed by atoms with Gasteiger partial charge in [-0.05, 0) is 59.7 Å². The van der Waals surface area contributed by atoms with Crippen LogP contribution in [0.5, 0.6) is 0 Å². The van der Waals surface area contributed by atoms with Gasteiger partial charge in [0, 0.05) is 5.69 Å².